The number of carbonyl (C=O) groups excluding carboxylic acids is 1. The van der Waals surface area contributed by atoms with Gasteiger partial charge in [0.15, 0.2) is 5.69 Å². The topological polar surface area (TPSA) is 39.2 Å². The number of hydrogen-bond acceptors (Lipinski definition) is 3. The highest BCUT2D eigenvalue weighted by Crippen LogP contribution is 2.38. The molecule has 0 spiro atoms. The molecule has 0 fully saturated rings. The lowest BCUT2D eigenvalue weighted by atomic mass is 10.1. The number of ether oxygens (including phenoxy) is 1. The lowest BCUT2D eigenvalue weighted by Crippen LogP contribution is -2.16. The van der Waals surface area contributed by atoms with Crippen LogP contribution in [0.4, 0.5) is 22.0 Å². The number of nitrogens with zero attached hydrogens (tertiary/aromatic N) is 1. The second-order valence-corrected chi connectivity index (χ2v) is 4.49. The molecule has 0 aliphatic heterocycles. The summed E-state index contributed by atoms with van der Waals surface area (Å²) in [6, 6.07) is 0. The summed E-state index contributed by atoms with van der Waals surface area (Å²) in [4.78, 5) is 14.0. The van der Waals surface area contributed by atoms with Crippen LogP contribution in [0.15, 0.2) is 6.20 Å². The van der Waals surface area contributed by atoms with E-state index in [1.54, 1.807) is 0 Å². The first-order chi connectivity index (χ1) is 8.68. The predicted octanol–water partition coefficient (Wildman–Crippen LogP) is 3.36. The number of carbonyl (C=O) groups is 1. The molecule has 0 radical (unpaired) electrons. The predicted molar refractivity (Wildman–Crippen MR) is 62.6 cm³/mol. The number of methoxy groups -OCH3 is 1. The van der Waals surface area contributed by atoms with E-state index in [9.17, 15) is 26.7 Å². The molecule has 0 bridgehead atoms. The molecular formula is C10H7F5INO2. The van der Waals surface area contributed by atoms with Crippen molar-refractivity contribution >= 4 is 28.6 Å². The first-order valence-electron chi connectivity index (χ1n) is 4.78. The monoisotopic (exact) mass is 395 g/mol. The van der Waals surface area contributed by atoms with Gasteiger partial charge in [0, 0.05) is 9.77 Å². The number of esters is 1. The fourth-order valence-corrected chi connectivity index (χ4v) is 2.14. The summed E-state index contributed by atoms with van der Waals surface area (Å²) >= 11 is 1.34. The van der Waals surface area contributed by atoms with Crippen molar-refractivity contribution in [2.45, 2.75) is 19.0 Å². The molecule has 0 N–H and O–H groups in total. The average Bonchev–Trinajstić information content (AvgIpc) is 2.29. The van der Waals surface area contributed by atoms with Crippen LogP contribution in [0.1, 0.15) is 23.2 Å². The fraction of sp³-hybridized carbons (Fsp3) is 0.400. The van der Waals surface area contributed by atoms with E-state index in [0.29, 0.717) is 0 Å². The number of aromatic nitrogens is 1. The van der Waals surface area contributed by atoms with Crippen molar-refractivity contribution in [2.24, 2.45) is 0 Å². The van der Waals surface area contributed by atoms with Crippen LogP contribution in [-0.4, -0.2) is 18.1 Å². The zero-order chi connectivity index (χ0) is 14.8. The van der Waals surface area contributed by atoms with E-state index in [4.69, 9.17) is 0 Å². The molecule has 9 heteroatoms. The van der Waals surface area contributed by atoms with Crippen LogP contribution in [0.5, 0.6) is 0 Å². The zero-order valence-electron chi connectivity index (χ0n) is 9.39. The number of pyridine rings is 1. The second-order valence-electron chi connectivity index (χ2n) is 3.41. The molecule has 106 valence electrons. The molecule has 3 nitrogen and oxygen atoms in total. The Bertz CT molecular complexity index is 490. The molecule has 0 amide bonds. The molecule has 1 aromatic heterocycles. The van der Waals surface area contributed by atoms with Gasteiger partial charge in [-0.15, -0.1) is 0 Å². The largest absolute Gasteiger partial charge is 0.469 e. The van der Waals surface area contributed by atoms with Crippen molar-refractivity contribution in [3.05, 3.63) is 26.6 Å². The smallest absolute Gasteiger partial charge is 0.433 e. The average molecular weight is 395 g/mol. The summed E-state index contributed by atoms with van der Waals surface area (Å²) in [5, 5.41) is 0. The van der Waals surface area contributed by atoms with Gasteiger partial charge < -0.3 is 4.74 Å². The maximum absolute atomic E-state index is 12.8. The van der Waals surface area contributed by atoms with Gasteiger partial charge >= 0.3 is 12.1 Å². The van der Waals surface area contributed by atoms with Gasteiger partial charge in [-0.3, -0.25) is 9.78 Å². The Hall–Kier alpha value is -1.00. The standard InChI is InChI=1S/C10H7F5INO2/c1-19-5(18)2-4-3-17-8(10(13,14)15)6(7(4)16)9(11)12/h3,9H,2H2,1H3. The summed E-state index contributed by atoms with van der Waals surface area (Å²) in [5.41, 5.74) is -2.88. The van der Waals surface area contributed by atoms with Gasteiger partial charge in [0.25, 0.3) is 6.43 Å². The Morgan fingerprint density at radius 1 is 1.47 bits per heavy atom. The highest BCUT2D eigenvalue weighted by Gasteiger charge is 2.39. The van der Waals surface area contributed by atoms with E-state index in [2.05, 4.69) is 9.72 Å². The van der Waals surface area contributed by atoms with Crippen LogP contribution >= 0.6 is 22.6 Å². The molecule has 0 saturated heterocycles. The van der Waals surface area contributed by atoms with Gasteiger partial charge in [-0.2, -0.15) is 13.2 Å². The quantitative estimate of drug-likeness (QED) is 0.448. The third kappa shape index (κ3) is 3.74. The van der Waals surface area contributed by atoms with Gasteiger partial charge in [0.1, 0.15) is 0 Å². The third-order valence-electron chi connectivity index (χ3n) is 2.17. The summed E-state index contributed by atoms with van der Waals surface area (Å²) in [6.07, 6.45) is -7.98. The Labute approximate surface area is 118 Å². The van der Waals surface area contributed by atoms with Crippen LogP contribution < -0.4 is 0 Å². The van der Waals surface area contributed by atoms with E-state index >= 15 is 0 Å². The lowest BCUT2D eigenvalue weighted by Gasteiger charge is -2.15. The van der Waals surface area contributed by atoms with Crippen molar-refractivity contribution < 1.29 is 31.5 Å². The van der Waals surface area contributed by atoms with Gasteiger partial charge in [0.05, 0.1) is 19.1 Å². The molecule has 19 heavy (non-hydrogen) atoms. The van der Waals surface area contributed by atoms with E-state index < -0.39 is 36.2 Å². The second kappa shape index (κ2) is 5.97. The number of alkyl halides is 5. The van der Waals surface area contributed by atoms with Crippen LogP contribution in [0.25, 0.3) is 0 Å². The van der Waals surface area contributed by atoms with E-state index in [-0.39, 0.29) is 9.13 Å². The number of hydrogen-bond donors (Lipinski definition) is 0. The maximum Gasteiger partial charge on any atom is 0.433 e. The van der Waals surface area contributed by atoms with Crippen molar-refractivity contribution in [3.63, 3.8) is 0 Å². The van der Waals surface area contributed by atoms with Crippen LogP contribution in [0.2, 0.25) is 0 Å². The van der Waals surface area contributed by atoms with Crippen molar-refractivity contribution in [3.8, 4) is 0 Å². The van der Waals surface area contributed by atoms with Crippen molar-refractivity contribution in [1.29, 1.82) is 0 Å². The van der Waals surface area contributed by atoms with Crippen LogP contribution in [0, 0.1) is 3.57 Å². The molecule has 0 aromatic carbocycles. The highest BCUT2D eigenvalue weighted by atomic mass is 127. The molecule has 0 aliphatic rings. The van der Waals surface area contributed by atoms with Gasteiger partial charge in [-0.1, -0.05) is 0 Å². The Kier molecular flexibility index (Phi) is 5.04. The van der Waals surface area contributed by atoms with E-state index in [1.807, 2.05) is 0 Å². The molecule has 0 atom stereocenters. The molecule has 1 heterocycles. The van der Waals surface area contributed by atoms with Gasteiger partial charge in [0.2, 0.25) is 0 Å². The molecule has 0 saturated carbocycles. The van der Waals surface area contributed by atoms with Crippen LogP contribution in [0.3, 0.4) is 0 Å². The molecular weight excluding hydrogens is 388 g/mol. The minimum atomic E-state index is -4.98. The summed E-state index contributed by atoms with van der Waals surface area (Å²) in [6.45, 7) is 0. The third-order valence-corrected chi connectivity index (χ3v) is 3.45. The normalized spacial score (nSPS) is 11.8. The molecule has 0 aliphatic carbocycles. The number of halogens is 6. The minimum Gasteiger partial charge on any atom is -0.469 e. The minimum absolute atomic E-state index is 0.0317. The Balaban J connectivity index is 3.35. The first kappa shape index (κ1) is 16.1. The molecule has 0 unspecified atom stereocenters. The fourth-order valence-electron chi connectivity index (χ4n) is 1.32. The maximum atomic E-state index is 12.8. The zero-order valence-corrected chi connectivity index (χ0v) is 11.6. The van der Waals surface area contributed by atoms with Crippen molar-refractivity contribution in [1.82, 2.24) is 4.98 Å². The highest BCUT2D eigenvalue weighted by molar-refractivity contribution is 14.1. The SMILES string of the molecule is COC(=O)Cc1cnc(C(F)(F)F)c(C(F)F)c1I. The lowest BCUT2D eigenvalue weighted by molar-refractivity contribution is -0.143. The van der Waals surface area contributed by atoms with E-state index in [1.165, 1.54) is 22.6 Å². The molecule has 1 rings (SSSR count). The summed E-state index contributed by atoms with van der Waals surface area (Å²) < 4.78 is 67.2. The summed E-state index contributed by atoms with van der Waals surface area (Å²) in [7, 11) is 1.08. The van der Waals surface area contributed by atoms with Crippen molar-refractivity contribution in [2.75, 3.05) is 7.11 Å². The van der Waals surface area contributed by atoms with Gasteiger partial charge in [-0.05, 0) is 28.2 Å². The van der Waals surface area contributed by atoms with Crippen LogP contribution in [-0.2, 0) is 22.1 Å². The molecule has 1 aromatic rings. The summed E-state index contributed by atoms with van der Waals surface area (Å²) in [5.74, 6) is -0.750. The first-order valence-corrected chi connectivity index (χ1v) is 5.85. The Morgan fingerprint density at radius 3 is 2.47 bits per heavy atom. The Morgan fingerprint density at radius 2 is 2.05 bits per heavy atom. The number of rotatable bonds is 3. The van der Waals surface area contributed by atoms with Gasteiger partial charge in [-0.25, -0.2) is 8.78 Å². The van der Waals surface area contributed by atoms with E-state index in [0.717, 1.165) is 13.3 Å².